The van der Waals surface area contributed by atoms with E-state index in [0.29, 0.717) is 13.0 Å². The Kier molecular flexibility index (Phi) is 3.43. The summed E-state index contributed by atoms with van der Waals surface area (Å²) < 4.78 is 25.5. The van der Waals surface area contributed by atoms with Gasteiger partial charge in [0.05, 0.1) is 0 Å². The Labute approximate surface area is 80.4 Å². The average molecular weight is 197 g/mol. The summed E-state index contributed by atoms with van der Waals surface area (Å²) in [7, 11) is 0. The maximum atomic E-state index is 12.8. The van der Waals surface area contributed by atoms with Crippen molar-refractivity contribution in [1.82, 2.24) is 0 Å². The largest absolute Gasteiger partial charge is 0.503 e. The van der Waals surface area contributed by atoms with Gasteiger partial charge in [0.1, 0.15) is 0 Å². The van der Waals surface area contributed by atoms with Crippen LogP contribution < -0.4 is 5.73 Å². The molecular formula is C10H9F2NO. The minimum absolute atomic E-state index is 0.186. The molecule has 0 atom stereocenters. The number of nitrogens with two attached hydrogens (primary N) is 1. The molecule has 0 heterocycles. The maximum absolute atomic E-state index is 12.8. The van der Waals surface area contributed by atoms with Gasteiger partial charge in [-0.3, -0.25) is 0 Å². The third-order valence-corrected chi connectivity index (χ3v) is 1.52. The van der Waals surface area contributed by atoms with Crippen LogP contribution in [-0.4, -0.2) is 11.7 Å². The van der Waals surface area contributed by atoms with E-state index in [1.54, 1.807) is 0 Å². The van der Waals surface area contributed by atoms with Gasteiger partial charge in [0.2, 0.25) is 0 Å². The molecule has 4 heteroatoms. The minimum atomic E-state index is -1.01. The lowest BCUT2D eigenvalue weighted by atomic mass is 10.2. The summed E-state index contributed by atoms with van der Waals surface area (Å²) in [4.78, 5) is 0. The van der Waals surface area contributed by atoms with E-state index in [-0.39, 0.29) is 5.56 Å². The number of aromatic hydroxyl groups is 1. The zero-order valence-corrected chi connectivity index (χ0v) is 7.35. The van der Waals surface area contributed by atoms with Gasteiger partial charge in [-0.05, 0) is 12.1 Å². The third-order valence-electron chi connectivity index (χ3n) is 1.52. The molecule has 0 amide bonds. The first-order chi connectivity index (χ1) is 6.65. The summed E-state index contributed by atoms with van der Waals surface area (Å²) in [6, 6.07) is 1.95. The van der Waals surface area contributed by atoms with Crippen molar-refractivity contribution in [3.8, 4) is 17.6 Å². The standard InChI is InChI=1S/C10H9F2NO/c11-8-5-7(3-1-2-4-13)6-9(12)10(8)14/h5-6,14H,2,4,13H2. The molecule has 1 aromatic rings. The van der Waals surface area contributed by atoms with Crippen molar-refractivity contribution < 1.29 is 13.9 Å². The van der Waals surface area contributed by atoms with Crippen molar-refractivity contribution in [1.29, 1.82) is 0 Å². The number of phenols is 1. The molecule has 0 bridgehead atoms. The number of hydrogen-bond acceptors (Lipinski definition) is 2. The first kappa shape index (κ1) is 10.5. The molecule has 0 unspecified atom stereocenters. The highest BCUT2D eigenvalue weighted by atomic mass is 19.1. The van der Waals surface area contributed by atoms with Gasteiger partial charge in [-0.1, -0.05) is 11.8 Å². The Hall–Kier alpha value is -1.60. The van der Waals surface area contributed by atoms with E-state index in [2.05, 4.69) is 11.8 Å². The minimum Gasteiger partial charge on any atom is -0.503 e. The Morgan fingerprint density at radius 1 is 1.29 bits per heavy atom. The lowest BCUT2D eigenvalue weighted by molar-refractivity contribution is 0.396. The predicted octanol–water partition coefficient (Wildman–Crippen LogP) is 1.37. The Bertz CT molecular complexity index is 370. The van der Waals surface area contributed by atoms with Gasteiger partial charge >= 0.3 is 0 Å². The molecule has 0 saturated heterocycles. The summed E-state index contributed by atoms with van der Waals surface area (Å²) in [6.45, 7) is 0.399. The molecule has 0 spiro atoms. The zero-order valence-electron chi connectivity index (χ0n) is 7.35. The fourth-order valence-electron chi connectivity index (χ4n) is 0.874. The Balaban J connectivity index is 2.97. The molecule has 14 heavy (non-hydrogen) atoms. The van der Waals surface area contributed by atoms with E-state index < -0.39 is 17.4 Å². The predicted molar refractivity (Wildman–Crippen MR) is 48.6 cm³/mol. The summed E-state index contributed by atoms with van der Waals surface area (Å²) in [6.07, 6.45) is 0.462. The lowest BCUT2D eigenvalue weighted by Crippen LogP contribution is -1.95. The van der Waals surface area contributed by atoms with Crippen LogP contribution >= 0.6 is 0 Å². The van der Waals surface area contributed by atoms with E-state index in [9.17, 15) is 8.78 Å². The smallest absolute Gasteiger partial charge is 0.187 e. The summed E-state index contributed by atoms with van der Waals surface area (Å²) in [5, 5.41) is 8.78. The molecule has 0 aliphatic heterocycles. The molecule has 0 aliphatic rings. The lowest BCUT2D eigenvalue weighted by Gasteiger charge is -1.97. The normalized spacial score (nSPS) is 9.36. The fourth-order valence-corrected chi connectivity index (χ4v) is 0.874. The monoisotopic (exact) mass is 197 g/mol. The highest BCUT2D eigenvalue weighted by Gasteiger charge is 2.07. The summed E-state index contributed by atoms with van der Waals surface area (Å²) >= 11 is 0. The zero-order chi connectivity index (χ0) is 10.6. The van der Waals surface area contributed by atoms with Crippen LogP contribution in [0.4, 0.5) is 8.78 Å². The fraction of sp³-hybridized carbons (Fsp3) is 0.200. The maximum Gasteiger partial charge on any atom is 0.187 e. The molecular weight excluding hydrogens is 188 g/mol. The molecule has 2 nitrogen and oxygen atoms in total. The topological polar surface area (TPSA) is 46.2 Å². The van der Waals surface area contributed by atoms with Gasteiger partial charge in [0.25, 0.3) is 0 Å². The van der Waals surface area contributed by atoms with Gasteiger partial charge in [0, 0.05) is 18.5 Å². The molecule has 0 fully saturated rings. The molecule has 0 saturated carbocycles. The van der Waals surface area contributed by atoms with E-state index in [1.807, 2.05) is 0 Å². The first-order valence-electron chi connectivity index (χ1n) is 4.02. The second kappa shape index (κ2) is 4.58. The molecule has 74 valence electrons. The number of halogens is 2. The Morgan fingerprint density at radius 3 is 2.36 bits per heavy atom. The van der Waals surface area contributed by atoms with Crippen LogP contribution in [0, 0.1) is 23.5 Å². The van der Waals surface area contributed by atoms with E-state index in [0.717, 1.165) is 12.1 Å². The van der Waals surface area contributed by atoms with Crippen molar-refractivity contribution in [3.63, 3.8) is 0 Å². The summed E-state index contributed by atoms with van der Waals surface area (Å²) in [5.74, 6) is 2.17. The molecule has 0 aromatic heterocycles. The number of rotatable bonds is 1. The van der Waals surface area contributed by atoms with Crippen molar-refractivity contribution in [2.75, 3.05) is 6.54 Å². The van der Waals surface area contributed by atoms with Crippen LogP contribution in [-0.2, 0) is 0 Å². The van der Waals surface area contributed by atoms with E-state index in [4.69, 9.17) is 10.8 Å². The van der Waals surface area contributed by atoms with E-state index in [1.165, 1.54) is 0 Å². The van der Waals surface area contributed by atoms with E-state index >= 15 is 0 Å². The van der Waals surface area contributed by atoms with Gasteiger partial charge in [0.15, 0.2) is 17.4 Å². The van der Waals surface area contributed by atoms with Crippen LogP contribution in [0.15, 0.2) is 12.1 Å². The van der Waals surface area contributed by atoms with Crippen LogP contribution in [0.5, 0.6) is 5.75 Å². The first-order valence-corrected chi connectivity index (χ1v) is 4.02. The third kappa shape index (κ3) is 2.44. The van der Waals surface area contributed by atoms with Crippen molar-refractivity contribution in [2.24, 2.45) is 5.73 Å². The Morgan fingerprint density at radius 2 is 1.86 bits per heavy atom. The molecule has 0 radical (unpaired) electrons. The van der Waals surface area contributed by atoms with Crippen LogP contribution in [0.2, 0.25) is 0 Å². The molecule has 0 aliphatic carbocycles. The quantitative estimate of drug-likeness (QED) is 0.668. The highest BCUT2D eigenvalue weighted by Crippen LogP contribution is 2.20. The van der Waals surface area contributed by atoms with Crippen molar-refractivity contribution in [2.45, 2.75) is 6.42 Å². The number of hydrogen-bond donors (Lipinski definition) is 2. The van der Waals surface area contributed by atoms with Gasteiger partial charge in [-0.15, -0.1) is 0 Å². The number of benzene rings is 1. The number of phenolic OH excluding ortho intramolecular Hbond substituents is 1. The molecule has 1 rings (SSSR count). The summed E-state index contributed by atoms with van der Waals surface area (Å²) in [5.41, 5.74) is 5.37. The highest BCUT2D eigenvalue weighted by molar-refractivity contribution is 5.39. The van der Waals surface area contributed by atoms with Crippen molar-refractivity contribution in [3.05, 3.63) is 29.3 Å². The van der Waals surface area contributed by atoms with Gasteiger partial charge in [-0.2, -0.15) is 0 Å². The second-order valence-corrected chi connectivity index (χ2v) is 2.63. The van der Waals surface area contributed by atoms with Crippen LogP contribution in [0.1, 0.15) is 12.0 Å². The van der Waals surface area contributed by atoms with Crippen LogP contribution in [0.25, 0.3) is 0 Å². The van der Waals surface area contributed by atoms with Gasteiger partial charge < -0.3 is 10.8 Å². The molecule has 1 aromatic carbocycles. The van der Waals surface area contributed by atoms with Gasteiger partial charge in [-0.25, -0.2) is 8.78 Å². The SMILES string of the molecule is NCCC#Cc1cc(F)c(O)c(F)c1. The van der Waals surface area contributed by atoms with Crippen LogP contribution in [0.3, 0.4) is 0 Å². The van der Waals surface area contributed by atoms with Crippen molar-refractivity contribution >= 4 is 0 Å². The molecule has 3 N–H and O–H groups in total. The average Bonchev–Trinajstić information content (AvgIpc) is 2.14. The second-order valence-electron chi connectivity index (χ2n) is 2.63.